The van der Waals surface area contributed by atoms with Crippen molar-refractivity contribution in [2.75, 3.05) is 6.61 Å². The summed E-state index contributed by atoms with van der Waals surface area (Å²) >= 11 is 3.41. The number of halogens is 1. The first-order valence-electron chi connectivity index (χ1n) is 5.22. The van der Waals surface area contributed by atoms with E-state index in [1.54, 1.807) is 0 Å². The Morgan fingerprint density at radius 2 is 1.44 bits per heavy atom. The summed E-state index contributed by atoms with van der Waals surface area (Å²) in [6.07, 6.45) is 0. The quantitative estimate of drug-likeness (QED) is 0.909. The van der Waals surface area contributed by atoms with Crippen molar-refractivity contribution in [2.24, 2.45) is 0 Å². The van der Waals surface area contributed by atoms with Gasteiger partial charge in [-0.1, -0.05) is 58.4 Å². The van der Waals surface area contributed by atoms with Gasteiger partial charge in [0.2, 0.25) is 0 Å². The van der Waals surface area contributed by atoms with E-state index in [0.29, 0.717) is 0 Å². The van der Waals surface area contributed by atoms with Gasteiger partial charge in [-0.25, -0.2) is 0 Å². The van der Waals surface area contributed by atoms with E-state index in [2.05, 4.69) is 15.9 Å². The molecule has 0 aliphatic carbocycles. The molecule has 2 aromatic rings. The third-order valence-electron chi connectivity index (χ3n) is 2.66. The molecule has 1 unspecified atom stereocenters. The van der Waals surface area contributed by atoms with Crippen LogP contribution in [0.1, 0.15) is 17.0 Å². The molecule has 1 N–H and O–H groups in total. The Morgan fingerprint density at radius 1 is 0.875 bits per heavy atom. The van der Waals surface area contributed by atoms with Gasteiger partial charge < -0.3 is 5.11 Å². The van der Waals surface area contributed by atoms with Crippen LogP contribution in [0.2, 0.25) is 0 Å². The first-order valence-corrected chi connectivity index (χ1v) is 6.02. The van der Waals surface area contributed by atoms with E-state index in [1.165, 1.54) is 0 Å². The molecule has 0 bridgehead atoms. The highest BCUT2D eigenvalue weighted by molar-refractivity contribution is 9.10. The fourth-order valence-electron chi connectivity index (χ4n) is 1.78. The van der Waals surface area contributed by atoms with Crippen LogP contribution in [0.5, 0.6) is 0 Å². The smallest absolute Gasteiger partial charge is 0.0540 e. The van der Waals surface area contributed by atoms with Crippen molar-refractivity contribution >= 4 is 15.9 Å². The van der Waals surface area contributed by atoms with Crippen LogP contribution in [-0.4, -0.2) is 11.7 Å². The standard InChI is InChI=1S/C14H13BrO/c15-13-8-6-12(7-9-13)14(10-16)11-4-2-1-3-5-11/h1-9,14,16H,10H2. The lowest BCUT2D eigenvalue weighted by atomic mass is 9.92. The lowest BCUT2D eigenvalue weighted by molar-refractivity contribution is 0.280. The molecule has 1 nitrogen and oxygen atoms in total. The summed E-state index contributed by atoms with van der Waals surface area (Å²) in [5.74, 6) is 0.0642. The zero-order valence-corrected chi connectivity index (χ0v) is 10.4. The maximum absolute atomic E-state index is 9.49. The number of rotatable bonds is 3. The van der Waals surface area contributed by atoms with E-state index in [9.17, 15) is 5.11 Å². The summed E-state index contributed by atoms with van der Waals surface area (Å²) in [4.78, 5) is 0. The summed E-state index contributed by atoms with van der Waals surface area (Å²) in [6, 6.07) is 18.1. The number of aliphatic hydroxyl groups excluding tert-OH is 1. The van der Waals surface area contributed by atoms with Crippen molar-refractivity contribution in [3.05, 3.63) is 70.2 Å². The minimum absolute atomic E-state index is 0.0642. The molecule has 0 aliphatic heterocycles. The molecule has 1 atom stereocenters. The maximum atomic E-state index is 9.49. The highest BCUT2D eigenvalue weighted by Crippen LogP contribution is 2.25. The van der Waals surface area contributed by atoms with E-state index in [1.807, 2.05) is 54.6 Å². The average molecular weight is 277 g/mol. The summed E-state index contributed by atoms with van der Waals surface area (Å²) in [5.41, 5.74) is 2.28. The van der Waals surface area contributed by atoms with Gasteiger partial charge in [-0.05, 0) is 23.3 Å². The molecule has 0 saturated heterocycles. The van der Waals surface area contributed by atoms with Crippen LogP contribution in [0.4, 0.5) is 0 Å². The highest BCUT2D eigenvalue weighted by atomic mass is 79.9. The molecule has 16 heavy (non-hydrogen) atoms. The SMILES string of the molecule is OCC(c1ccccc1)c1ccc(Br)cc1. The van der Waals surface area contributed by atoms with Crippen molar-refractivity contribution in [2.45, 2.75) is 5.92 Å². The molecule has 0 heterocycles. The Balaban J connectivity index is 2.33. The number of aliphatic hydroxyl groups is 1. The van der Waals surface area contributed by atoms with E-state index < -0.39 is 0 Å². The van der Waals surface area contributed by atoms with Crippen molar-refractivity contribution < 1.29 is 5.11 Å². The van der Waals surface area contributed by atoms with Gasteiger partial charge in [-0.3, -0.25) is 0 Å². The Morgan fingerprint density at radius 3 is 2.00 bits per heavy atom. The molecule has 82 valence electrons. The summed E-state index contributed by atoms with van der Waals surface area (Å²) in [6.45, 7) is 0.131. The molecule has 0 amide bonds. The third-order valence-corrected chi connectivity index (χ3v) is 3.19. The lowest BCUT2D eigenvalue weighted by Gasteiger charge is -2.15. The van der Waals surface area contributed by atoms with Gasteiger partial charge in [0.05, 0.1) is 6.61 Å². The fraction of sp³-hybridized carbons (Fsp3) is 0.143. The van der Waals surface area contributed by atoms with Crippen molar-refractivity contribution in [3.63, 3.8) is 0 Å². The van der Waals surface area contributed by atoms with E-state index in [0.717, 1.165) is 15.6 Å². The molecule has 0 radical (unpaired) electrons. The van der Waals surface area contributed by atoms with Gasteiger partial charge in [0, 0.05) is 10.4 Å². The van der Waals surface area contributed by atoms with Gasteiger partial charge in [-0.2, -0.15) is 0 Å². The Kier molecular flexibility index (Phi) is 3.75. The normalized spacial score (nSPS) is 12.4. The molecule has 0 fully saturated rings. The molecule has 0 aliphatic rings. The summed E-state index contributed by atoms with van der Waals surface area (Å²) in [5, 5.41) is 9.49. The summed E-state index contributed by atoms with van der Waals surface area (Å²) in [7, 11) is 0. The molecule has 2 heteroatoms. The van der Waals surface area contributed by atoms with Crippen molar-refractivity contribution in [1.29, 1.82) is 0 Å². The predicted molar refractivity (Wildman–Crippen MR) is 69.5 cm³/mol. The van der Waals surface area contributed by atoms with Crippen LogP contribution in [0.25, 0.3) is 0 Å². The molecule has 0 spiro atoms. The van der Waals surface area contributed by atoms with Crippen LogP contribution in [0, 0.1) is 0 Å². The molecule has 0 aromatic heterocycles. The Bertz CT molecular complexity index is 436. The predicted octanol–water partition coefficient (Wildman–Crippen LogP) is 3.57. The first-order chi connectivity index (χ1) is 7.81. The topological polar surface area (TPSA) is 20.2 Å². The highest BCUT2D eigenvalue weighted by Gasteiger charge is 2.11. The minimum Gasteiger partial charge on any atom is -0.395 e. The number of benzene rings is 2. The van der Waals surface area contributed by atoms with Crippen LogP contribution in [-0.2, 0) is 0 Å². The summed E-state index contributed by atoms with van der Waals surface area (Å²) < 4.78 is 1.06. The minimum atomic E-state index is 0.0642. The zero-order valence-electron chi connectivity index (χ0n) is 8.81. The number of hydrogen-bond acceptors (Lipinski definition) is 1. The van der Waals surface area contributed by atoms with Crippen molar-refractivity contribution in [3.8, 4) is 0 Å². The van der Waals surface area contributed by atoms with Gasteiger partial charge in [0.15, 0.2) is 0 Å². The Labute approximate surface area is 104 Å². The fourth-order valence-corrected chi connectivity index (χ4v) is 2.05. The largest absolute Gasteiger partial charge is 0.395 e. The van der Waals surface area contributed by atoms with Gasteiger partial charge in [0.25, 0.3) is 0 Å². The number of hydrogen-bond donors (Lipinski definition) is 1. The van der Waals surface area contributed by atoms with E-state index in [-0.39, 0.29) is 12.5 Å². The first kappa shape index (κ1) is 11.4. The molecule has 2 aromatic carbocycles. The second-order valence-corrected chi connectivity index (χ2v) is 4.61. The van der Waals surface area contributed by atoms with Gasteiger partial charge >= 0.3 is 0 Å². The Hall–Kier alpha value is -1.12. The second kappa shape index (κ2) is 5.28. The average Bonchev–Trinajstić information content (AvgIpc) is 2.34. The molecule has 2 rings (SSSR count). The molecular formula is C14H13BrO. The molecular weight excluding hydrogens is 264 g/mol. The maximum Gasteiger partial charge on any atom is 0.0540 e. The van der Waals surface area contributed by atoms with Crippen molar-refractivity contribution in [1.82, 2.24) is 0 Å². The van der Waals surface area contributed by atoms with E-state index >= 15 is 0 Å². The zero-order chi connectivity index (χ0) is 11.4. The second-order valence-electron chi connectivity index (χ2n) is 3.70. The van der Waals surface area contributed by atoms with Crippen LogP contribution >= 0.6 is 15.9 Å². The van der Waals surface area contributed by atoms with E-state index in [4.69, 9.17) is 0 Å². The van der Waals surface area contributed by atoms with Crippen LogP contribution in [0.3, 0.4) is 0 Å². The third kappa shape index (κ3) is 2.52. The van der Waals surface area contributed by atoms with Gasteiger partial charge in [0.1, 0.15) is 0 Å². The van der Waals surface area contributed by atoms with Gasteiger partial charge in [-0.15, -0.1) is 0 Å². The van der Waals surface area contributed by atoms with Crippen LogP contribution < -0.4 is 0 Å². The molecule has 0 saturated carbocycles. The lowest BCUT2D eigenvalue weighted by Crippen LogP contribution is -2.05. The monoisotopic (exact) mass is 276 g/mol. The van der Waals surface area contributed by atoms with Crippen LogP contribution in [0.15, 0.2) is 59.1 Å².